The number of benzene rings is 2. The molecule has 0 spiro atoms. The number of thioether (sulfide) groups is 1. The lowest BCUT2D eigenvalue weighted by Crippen LogP contribution is -2.33. The number of hydrogen-bond donors (Lipinski definition) is 1. The quantitative estimate of drug-likeness (QED) is 0.718. The van der Waals surface area contributed by atoms with Crippen molar-refractivity contribution < 1.29 is 4.79 Å². The maximum absolute atomic E-state index is 12.4. The van der Waals surface area contributed by atoms with E-state index in [2.05, 4.69) is 34.5 Å². The van der Waals surface area contributed by atoms with E-state index in [0.717, 1.165) is 29.7 Å². The third kappa shape index (κ3) is 3.80. The molecule has 0 atom stereocenters. The highest BCUT2D eigenvalue weighted by Crippen LogP contribution is 2.19. The number of anilines is 1. The fraction of sp³-hybridized carbons (Fsp3) is 0.333. The Hall–Kier alpha value is -2.67. The average molecular weight is 397 g/mol. The van der Waals surface area contributed by atoms with Crippen molar-refractivity contribution in [1.82, 2.24) is 14.5 Å². The fourth-order valence-corrected chi connectivity index (χ4v) is 4.47. The summed E-state index contributed by atoms with van der Waals surface area (Å²) in [5.74, 6) is 2.17. The Labute approximate surface area is 168 Å². The second-order valence-electron chi connectivity index (χ2n) is 6.96. The first kappa shape index (κ1) is 18.7. The van der Waals surface area contributed by atoms with E-state index in [4.69, 9.17) is 0 Å². The van der Waals surface area contributed by atoms with Crippen LogP contribution in [-0.2, 0) is 24.9 Å². The summed E-state index contributed by atoms with van der Waals surface area (Å²) < 4.78 is 3.09. The highest BCUT2D eigenvalue weighted by atomic mass is 32.2. The first-order valence-corrected chi connectivity index (χ1v) is 10.6. The molecule has 0 saturated carbocycles. The highest BCUT2D eigenvalue weighted by molar-refractivity contribution is 7.99. The van der Waals surface area contributed by atoms with Crippen LogP contribution in [0.4, 0.5) is 5.69 Å². The van der Waals surface area contributed by atoms with Gasteiger partial charge in [-0.1, -0.05) is 24.3 Å². The number of nitrogens with zero attached hydrogens (tertiary/aromatic N) is 3. The van der Waals surface area contributed by atoms with Gasteiger partial charge in [0.1, 0.15) is 6.54 Å². The van der Waals surface area contributed by atoms with Crippen LogP contribution in [-0.4, -0.2) is 39.6 Å². The topological polar surface area (TPSA) is 59.3 Å². The molecular formula is C21H24N4O2S. The minimum absolute atomic E-state index is 0.0176. The normalized spacial score (nSPS) is 14.4. The van der Waals surface area contributed by atoms with Gasteiger partial charge in [-0.15, -0.1) is 0 Å². The number of amides is 1. The van der Waals surface area contributed by atoms with Gasteiger partial charge >= 0.3 is 5.69 Å². The molecule has 1 aliphatic rings. The first-order chi connectivity index (χ1) is 13.6. The second-order valence-corrected chi connectivity index (χ2v) is 8.18. The first-order valence-electron chi connectivity index (χ1n) is 9.46. The smallest absolute Gasteiger partial charge is 0.329 e. The lowest BCUT2D eigenvalue weighted by atomic mass is 10.2. The maximum Gasteiger partial charge on any atom is 0.329 e. The number of nitrogens with one attached hydrogen (secondary N) is 1. The van der Waals surface area contributed by atoms with Crippen molar-refractivity contribution in [3.63, 3.8) is 0 Å². The van der Waals surface area contributed by atoms with E-state index >= 15 is 0 Å². The Morgan fingerprint density at radius 3 is 2.43 bits per heavy atom. The molecule has 0 aliphatic carbocycles. The Balaban J connectivity index is 1.39. The van der Waals surface area contributed by atoms with Crippen LogP contribution in [0.1, 0.15) is 5.56 Å². The van der Waals surface area contributed by atoms with Gasteiger partial charge in [0.25, 0.3) is 0 Å². The van der Waals surface area contributed by atoms with E-state index in [1.165, 1.54) is 21.8 Å². The third-order valence-corrected chi connectivity index (χ3v) is 6.10. The number of aryl methyl sites for hydroxylation is 1. The maximum atomic E-state index is 12.4. The second kappa shape index (κ2) is 8.14. The Morgan fingerprint density at radius 2 is 1.71 bits per heavy atom. The molecule has 146 valence electrons. The van der Waals surface area contributed by atoms with Gasteiger partial charge in [-0.05, 0) is 29.8 Å². The number of hydrogen-bond acceptors (Lipinski definition) is 4. The lowest BCUT2D eigenvalue weighted by molar-refractivity contribution is -0.121. The predicted octanol–water partition coefficient (Wildman–Crippen LogP) is 2.21. The average Bonchev–Trinajstić information content (AvgIpc) is 2.98. The molecule has 2 heterocycles. The number of fused-ring (bicyclic) bond motifs is 1. The molecule has 1 N–H and O–H groups in total. The van der Waals surface area contributed by atoms with E-state index in [-0.39, 0.29) is 18.1 Å². The SMILES string of the molecule is Cn1c(=O)n(CC(=O)NCc2ccc(N3CCSCC3)cc2)c2ccccc21. The number of carbonyl (C=O) groups excluding carboxylic acids is 1. The molecule has 1 aliphatic heterocycles. The van der Waals surface area contributed by atoms with Gasteiger partial charge in [0.15, 0.2) is 0 Å². The Kier molecular flexibility index (Phi) is 5.43. The molecule has 28 heavy (non-hydrogen) atoms. The summed E-state index contributed by atoms with van der Waals surface area (Å²) in [7, 11) is 1.72. The zero-order valence-electron chi connectivity index (χ0n) is 15.9. The van der Waals surface area contributed by atoms with Gasteiger partial charge in [0.05, 0.1) is 11.0 Å². The van der Waals surface area contributed by atoms with Gasteiger partial charge in [0, 0.05) is 43.9 Å². The monoisotopic (exact) mass is 396 g/mol. The van der Waals surface area contributed by atoms with Crippen LogP contribution >= 0.6 is 11.8 Å². The lowest BCUT2D eigenvalue weighted by Gasteiger charge is -2.28. The summed E-state index contributed by atoms with van der Waals surface area (Å²) in [4.78, 5) is 27.2. The molecular weight excluding hydrogens is 372 g/mol. The molecule has 0 radical (unpaired) electrons. The minimum Gasteiger partial charge on any atom is -0.370 e. The van der Waals surface area contributed by atoms with Crippen LogP contribution in [0.5, 0.6) is 0 Å². The van der Waals surface area contributed by atoms with Crippen LogP contribution < -0.4 is 15.9 Å². The van der Waals surface area contributed by atoms with Crippen molar-refractivity contribution in [3.05, 3.63) is 64.6 Å². The summed E-state index contributed by atoms with van der Waals surface area (Å²) in [5, 5.41) is 2.92. The van der Waals surface area contributed by atoms with Crippen molar-refractivity contribution in [1.29, 1.82) is 0 Å². The van der Waals surface area contributed by atoms with Gasteiger partial charge in [-0.2, -0.15) is 11.8 Å². The zero-order valence-corrected chi connectivity index (χ0v) is 16.7. The Bertz CT molecular complexity index is 1030. The number of rotatable bonds is 5. The molecule has 3 aromatic rings. The summed E-state index contributed by atoms with van der Waals surface area (Å²) in [5.41, 5.74) is 3.70. The van der Waals surface area contributed by atoms with E-state index in [9.17, 15) is 9.59 Å². The van der Waals surface area contributed by atoms with Crippen molar-refractivity contribution >= 4 is 34.4 Å². The molecule has 6 nitrogen and oxygen atoms in total. The van der Waals surface area contributed by atoms with Gasteiger partial charge in [-0.3, -0.25) is 13.9 Å². The van der Waals surface area contributed by atoms with Crippen molar-refractivity contribution in [2.75, 3.05) is 29.5 Å². The summed E-state index contributed by atoms with van der Waals surface area (Å²) >= 11 is 2.00. The molecule has 0 bridgehead atoms. The van der Waals surface area contributed by atoms with Gasteiger partial charge in [0.2, 0.25) is 5.91 Å². The number of para-hydroxylation sites is 2. The number of carbonyl (C=O) groups is 1. The van der Waals surface area contributed by atoms with Crippen LogP contribution in [0.3, 0.4) is 0 Å². The standard InChI is InChI=1S/C21H24N4O2S/c1-23-18-4-2-3-5-19(18)25(21(23)27)15-20(26)22-14-16-6-8-17(9-7-16)24-10-12-28-13-11-24/h2-9H,10-15H2,1H3,(H,22,26). The van der Waals surface area contributed by atoms with Crippen LogP contribution in [0, 0.1) is 0 Å². The highest BCUT2D eigenvalue weighted by Gasteiger charge is 2.13. The largest absolute Gasteiger partial charge is 0.370 e. The van der Waals surface area contributed by atoms with E-state index < -0.39 is 0 Å². The van der Waals surface area contributed by atoms with Crippen molar-refractivity contribution in [2.24, 2.45) is 7.05 Å². The number of imidazole rings is 1. The summed E-state index contributed by atoms with van der Waals surface area (Å²) in [6.45, 7) is 2.64. The third-order valence-electron chi connectivity index (χ3n) is 5.16. The van der Waals surface area contributed by atoms with Crippen molar-refractivity contribution in [2.45, 2.75) is 13.1 Å². The number of aromatic nitrogens is 2. The molecule has 1 saturated heterocycles. The molecule has 1 fully saturated rings. The molecule has 1 aromatic heterocycles. The molecule has 7 heteroatoms. The molecule has 2 aromatic carbocycles. The predicted molar refractivity (Wildman–Crippen MR) is 115 cm³/mol. The Morgan fingerprint density at radius 1 is 1.04 bits per heavy atom. The summed E-state index contributed by atoms with van der Waals surface area (Å²) in [6, 6.07) is 15.9. The van der Waals surface area contributed by atoms with Crippen LogP contribution in [0.15, 0.2) is 53.3 Å². The van der Waals surface area contributed by atoms with Gasteiger partial charge < -0.3 is 10.2 Å². The summed E-state index contributed by atoms with van der Waals surface area (Å²) in [6.07, 6.45) is 0. The zero-order chi connectivity index (χ0) is 19.5. The van der Waals surface area contributed by atoms with Crippen LogP contribution in [0.25, 0.3) is 11.0 Å². The van der Waals surface area contributed by atoms with E-state index in [0.29, 0.717) is 6.54 Å². The fourth-order valence-electron chi connectivity index (χ4n) is 3.56. The molecule has 1 amide bonds. The van der Waals surface area contributed by atoms with Crippen molar-refractivity contribution in [3.8, 4) is 0 Å². The van der Waals surface area contributed by atoms with Crippen LogP contribution in [0.2, 0.25) is 0 Å². The van der Waals surface area contributed by atoms with E-state index in [1.54, 1.807) is 11.6 Å². The molecule has 0 unspecified atom stereocenters. The van der Waals surface area contributed by atoms with E-state index in [1.807, 2.05) is 36.0 Å². The van der Waals surface area contributed by atoms with Gasteiger partial charge in [-0.25, -0.2) is 4.79 Å². The minimum atomic E-state index is -0.180. The molecule has 4 rings (SSSR count).